The molecule has 1 aromatic rings. The van der Waals surface area contributed by atoms with Crippen LogP contribution in [0.4, 0.5) is 4.39 Å². The summed E-state index contributed by atoms with van der Waals surface area (Å²) in [6.45, 7) is 0. The van der Waals surface area contributed by atoms with Gasteiger partial charge in [0.1, 0.15) is 0 Å². The quantitative estimate of drug-likeness (QED) is 0.604. The van der Waals surface area contributed by atoms with Crippen LogP contribution < -0.4 is 0 Å². The minimum Gasteiger partial charge on any atom is -0.504 e. The summed E-state index contributed by atoms with van der Waals surface area (Å²) < 4.78 is 34.3. The molecule has 0 aliphatic heterocycles. The van der Waals surface area contributed by atoms with Crippen molar-refractivity contribution < 1.29 is 23.0 Å². The molecule has 0 saturated carbocycles. The molecule has 1 rings (SSSR count). The average Bonchev–Trinajstić information content (AvgIpc) is 2.04. The Kier molecular flexibility index (Phi) is 2.86. The van der Waals surface area contributed by atoms with Crippen LogP contribution in [0.1, 0.15) is 5.56 Å². The molecular weight excluding hydrogens is 235 g/mol. The minimum atomic E-state index is -3.89. The molecule has 0 fully saturated rings. The van der Waals surface area contributed by atoms with Gasteiger partial charge in [-0.3, -0.25) is 0 Å². The molecule has 0 bridgehead atoms. The maximum absolute atomic E-state index is 13.1. The third-order valence-corrected chi connectivity index (χ3v) is 2.49. The normalized spacial score (nSPS) is 11.6. The van der Waals surface area contributed by atoms with Gasteiger partial charge in [0, 0.05) is 16.2 Å². The largest absolute Gasteiger partial charge is 0.504 e. The van der Waals surface area contributed by atoms with Crippen LogP contribution in [-0.2, 0) is 14.8 Å². The van der Waals surface area contributed by atoms with Gasteiger partial charge in [-0.05, 0) is 6.07 Å². The molecule has 2 N–H and O–H groups in total. The van der Waals surface area contributed by atoms with Gasteiger partial charge in [-0.1, -0.05) is 6.07 Å². The van der Waals surface area contributed by atoms with Gasteiger partial charge in [-0.25, -0.2) is 12.8 Å². The van der Waals surface area contributed by atoms with Crippen molar-refractivity contribution in [2.75, 3.05) is 0 Å². The Bertz CT molecular complexity index is 457. The lowest BCUT2D eigenvalue weighted by Gasteiger charge is -2.03. The number of phenolic OH excluding ortho intramolecular Hbond substituents is 2. The Morgan fingerprint density at radius 2 is 1.93 bits per heavy atom. The maximum atomic E-state index is 13.1. The van der Waals surface area contributed by atoms with Crippen LogP contribution in [0.25, 0.3) is 0 Å². The molecule has 1 aromatic carbocycles. The third-order valence-electron chi connectivity index (χ3n) is 1.50. The molecule has 0 aliphatic carbocycles. The van der Waals surface area contributed by atoms with Gasteiger partial charge in [-0.15, -0.1) is 0 Å². The fraction of sp³-hybridized carbons (Fsp3) is 0.143. The minimum absolute atomic E-state index is 0.296. The van der Waals surface area contributed by atoms with Crippen LogP contribution in [-0.4, -0.2) is 18.6 Å². The molecule has 0 unspecified atom stereocenters. The lowest BCUT2D eigenvalue weighted by molar-refractivity contribution is 0.377. The molecule has 0 spiro atoms. The van der Waals surface area contributed by atoms with E-state index in [0.717, 1.165) is 12.1 Å². The van der Waals surface area contributed by atoms with Crippen LogP contribution >= 0.6 is 10.7 Å². The van der Waals surface area contributed by atoms with Gasteiger partial charge < -0.3 is 10.2 Å². The van der Waals surface area contributed by atoms with Gasteiger partial charge in [0.05, 0.1) is 5.75 Å². The van der Waals surface area contributed by atoms with E-state index in [2.05, 4.69) is 0 Å². The zero-order valence-electron chi connectivity index (χ0n) is 6.74. The molecule has 0 amide bonds. The summed E-state index contributed by atoms with van der Waals surface area (Å²) in [5.41, 5.74) is -0.296. The zero-order chi connectivity index (χ0) is 10.9. The zero-order valence-corrected chi connectivity index (χ0v) is 8.31. The number of hydrogen-bond donors (Lipinski definition) is 2. The molecule has 0 aliphatic rings. The number of rotatable bonds is 2. The fourth-order valence-corrected chi connectivity index (χ4v) is 1.84. The lowest BCUT2D eigenvalue weighted by Crippen LogP contribution is -1.98. The second kappa shape index (κ2) is 3.62. The van der Waals surface area contributed by atoms with E-state index in [-0.39, 0.29) is 5.56 Å². The van der Waals surface area contributed by atoms with Crippen LogP contribution in [0.2, 0.25) is 0 Å². The highest BCUT2D eigenvalue weighted by Crippen LogP contribution is 2.30. The van der Waals surface area contributed by atoms with Crippen LogP contribution in [0.3, 0.4) is 0 Å². The van der Waals surface area contributed by atoms with Gasteiger partial charge in [0.15, 0.2) is 17.3 Å². The van der Waals surface area contributed by atoms with Crippen molar-refractivity contribution in [2.24, 2.45) is 0 Å². The Hall–Kier alpha value is -1.01. The van der Waals surface area contributed by atoms with E-state index in [4.69, 9.17) is 20.9 Å². The predicted molar refractivity (Wildman–Crippen MR) is 48.2 cm³/mol. The summed E-state index contributed by atoms with van der Waals surface area (Å²) >= 11 is 0. The molecule has 0 aromatic heterocycles. The van der Waals surface area contributed by atoms with E-state index in [9.17, 15) is 12.8 Å². The molecule has 7 heteroatoms. The highest BCUT2D eigenvalue weighted by molar-refractivity contribution is 8.13. The van der Waals surface area contributed by atoms with Crippen molar-refractivity contribution in [3.05, 3.63) is 23.5 Å². The summed E-state index contributed by atoms with van der Waals surface area (Å²) in [6, 6.07) is 2.01. The van der Waals surface area contributed by atoms with Crippen LogP contribution in [0.15, 0.2) is 12.1 Å². The summed E-state index contributed by atoms with van der Waals surface area (Å²) in [6.07, 6.45) is 0. The lowest BCUT2D eigenvalue weighted by atomic mass is 10.2. The van der Waals surface area contributed by atoms with E-state index in [1.165, 1.54) is 0 Å². The Morgan fingerprint density at radius 1 is 1.36 bits per heavy atom. The highest BCUT2D eigenvalue weighted by Gasteiger charge is 2.16. The molecular formula is C7H6ClFO4S. The summed E-state index contributed by atoms with van der Waals surface area (Å²) in [4.78, 5) is 0. The fourth-order valence-electron chi connectivity index (χ4n) is 0.893. The Balaban J connectivity index is 3.19. The van der Waals surface area contributed by atoms with Crippen molar-refractivity contribution in [1.82, 2.24) is 0 Å². The van der Waals surface area contributed by atoms with Crippen LogP contribution in [0.5, 0.6) is 11.5 Å². The van der Waals surface area contributed by atoms with Crippen molar-refractivity contribution in [3.63, 3.8) is 0 Å². The first-order valence-electron chi connectivity index (χ1n) is 3.43. The van der Waals surface area contributed by atoms with E-state index < -0.39 is 32.1 Å². The third kappa shape index (κ3) is 2.49. The van der Waals surface area contributed by atoms with Gasteiger partial charge >= 0.3 is 0 Å². The van der Waals surface area contributed by atoms with Crippen molar-refractivity contribution in [3.8, 4) is 11.5 Å². The number of aromatic hydroxyl groups is 2. The topological polar surface area (TPSA) is 74.6 Å². The SMILES string of the molecule is O=S(=O)(Cl)Cc1ccc(O)c(O)c1F. The molecule has 78 valence electrons. The maximum Gasteiger partial charge on any atom is 0.236 e. The second-order valence-corrected chi connectivity index (χ2v) is 5.37. The van der Waals surface area contributed by atoms with Crippen molar-refractivity contribution in [1.29, 1.82) is 0 Å². The first-order chi connectivity index (χ1) is 6.31. The number of benzene rings is 1. The smallest absolute Gasteiger partial charge is 0.236 e. The monoisotopic (exact) mass is 240 g/mol. The molecule has 0 saturated heterocycles. The van der Waals surface area contributed by atoms with Gasteiger partial charge in [0.25, 0.3) is 0 Å². The number of phenols is 2. The van der Waals surface area contributed by atoms with E-state index >= 15 is 0 Å². The van der Waals surface area contributed by atoms with Crippen molar-refractivity contribution >= 4 is 19.7 Å². The Morgan fingerprint density at radius 3 is 2.43 bits per heavy atom. The molecule has 0 radical (unpaired) electrons. The number of hydrogen-bond acceptors (Lipinski definition) is 4. The highest BCUT2D eigenvalue weighted by atomic mass is 35.7. The van der Waals surface area contributed by atoms with E-state index in [0.29, 0.717) is 0 Å². The standard InChI is InChI=1S/C7H6ClFO4S/c8-14(12,13)3-4-1-2-5(10)7(11)6(4)9/h1-2,10-11H,3H2. The molecule has 14 heavy (non-hydrogen) atoms. The molecule has 4 nitrogen and oxygen atoms in total. The van der Waals surface area contributed by atoms with Gasteiger partial charge in [0.2, 0.25) is 9.05 Å². The molecule has 0 atom stereocenters. The van der Waals surface area contributed by atoms with E-state index in [1.807, 2.05) is 0 Å². The van der Waals surface area contributed by atoms with Crippen LogP contribution in [0, 0.1) is 5.82 Å². The second-order valence-electron chi connectivity index (χ2n) is 2.59. The first kappa shape index (κ1) is 11.1. The van der Waals surface area contributed by atoms with Crippen molar-refractivity contribution in [2.45, 2.75) is 5.75 Å². The summed E-state index contributed by atoms with van der Waals surface area (Å²) in [5, 5.41) is 17.8. The summed E-state index contributed by atoms with van der Waals surface area (Å²) in [7, 11) is 1.00. The first-order valence-corrected chi connectivity index (χ1v) is 5.91. The predicted octanol–water partition coefficient (Wildman–Crippen LogP) is 1.31. The number of halogens is 2. The molecule has 0 heterocycles. The van der Waals surface area contributed by atoms with E-state index in [1.54, 1.807) is 0 Å². The Labute approximate surface area is 84.0 Å². The average molecular weight is 241 g/mol. The summed E-state index contributed by atoms with van der Waals surface area (Å²) in [5.74, 6) is -3.57. The van der Waals surface area contributed by atoms with Gasteiger partial charge in [-0.2, -0.15) is 0 Å².